The standard InChI is InChI=1S/C12H14F3NO/c13-8-5-7(6-9(14)12(8)15)16-10-3-1-2-4-11(10)17/h5-6,10-11,16-17H,1-4H2/t10-,11-/m0/s1. The molecule has 0 aliphatic heterocycles. The lowest BCUT2D eigenvalue weighted by Gasteiger charge is -2.29. The third-order valence-electron chi connectivity index (χ3n) is 3.07. The minimum absolute atomic E-state index is 0.160. The van der Waals surface area contributed by atoms with Crippen LogP contribution >= 0.6 is 0 Å². The fraction of sp³-hybridized carbons (Fsp3) is 0.500. The monoisotopic (exact) mass is 245 g/mol. The lowest BCUT2D eigenvalue weighted by atomic mass is 9.92. The van der Waals surface area contributed by atoms with Gasteiger partial charge in [0.25, 0.3) is 0 Å². The van der Waals surface area contributed by atoms with Crippen LogP contribution in [0.3, 0.4) is 0 Å². The Balaban J connectivity index is 2.12. The van der Waals surface area contributed by atoms with E-state index in [1.54, 1.807) is 0 Å². The van der Waals surface area contributed by atoms with Gasteiger partial charge in [-0.05, 0) is 12.8 Å². The van der Waals surface area contributed by atoms with Gasteiger partial charge >= 0.3 is 0 Å². The van der Waals surface area contributed by atoms with E-state index >= 15 is 0 Å². The maximum Gasteiger partial charge on any atom is 0.194 e. The van der Waals surface area contributed by atoms with Crippen LogP contribution in [0.25, 0.3) is 0 Å². The Labute approximate surface area is 97.5 Å². The van der Waals surface area contributed by atoms with Crippen molar-refractivity contribution in [1.29, 1.82) is 0 Å². The Kier molecular flexibility index (Phi) is 3.57. The normalized spacial score (nSPS) is 24.7. The number of halogens is 3. The molecule has 2 atom stereocenters. The number of hydrogen-bond donors (Lipinski definition) is 2. The van der Waals surface area contributed by atoms with Gasteiger partial charge in [-0.25, -0.2) is 13.2 Å². The summed E-state index contributed by atoms with van der Waals surface area (Å²) in [4.78, 5) is 0. The zero-order chi connectivity index (χ0) is 12.4. The van der Waals surface area contributed by atoms with Crippen molar-refractivity contribution in [1.82, 2.24) is 0 Å². The van der Waals surface area contributed by atoms with Gasteiger partial charge in [-0.1, -0.05) is 12.8 Å². The van der Waals surface area contributed by atoms with E-state index < -0.39 is 23.6 Å². The summed E-state index contributed by atoms with van der Waals surface area (Å²) in [6, 6.07) is 1.58. The highest BCUT2D eigenvalue weighted by atomic mass is 19.2. The maximum absolute atomic E-state index is 13.0. The molecule has 1 saturated carbocycles. The Hall–Kier alpha value is -1.23. The third kappa shape index (κ3) is 2.72. The van der Waals surface area contributed by atoms with Crippen molar-refractivity contribution < 1.29 is 18.3 Å². The van der Waals surface area contributed by atoms with E-state index in [1.807, 2.05) is 0 Å². The molecule has 17 heavy (non-hydrogen) atoms. The van der Waals surface area contributed by atoms with Gasteiger partial charge in [-0.15, -0.1) is 0 Å². The molecule has 0 unspecified atom stereocenters. The minimum Gasteiger partial charge on any atom is -0.391 e. The Morgan fingerprint density at radius 1 is 1.06 bits per heavy atom. The second-order valence-electron chi connectivity index (χ2n) is 4.36. The molecule has 94 valence electrons. The van der Waals surface area contributed by atoms with E-state index in [1.165, 1.54) is 0 Å². The van der Waals surface area contributed by atoms with Crippen LogP contribution in [-0.4, -0.2) is 17.3 Å². The van der Waals surface area contributed by atoms with E-state index in [2.05, 4.69) is 5.32 Å². The van der Waals surface area contributed by atoms with Crippen molar-refractivity contribution in [2.45, 2.75) is 37.8 Å². The number of hydrogen-bond acceptors (Lipinski definition) is 2. The van der Waals surface area contributed by atoms with Gasteiger partial charge in [0.15, 0.2) is 17.5 Å². The lowest BCUT2D eigenvalue weighted by molar-refractivity contribution is 0.116. The van der Waals surface area contributed by atoms with Gasteiger partial charge in [0.05, 0.1) is 12.1 Å². The highest BCUT2D eigenvalue weighted by molar-refractivity contribution is 5.45. The number of rotatable bonds is 2. The first-order chi connectivity index (χ1) is 8.08. The molecule has 0 spiro atoms. The van der Waals surface area contributed by atoms with Gasteiger partial charge in [0.1, 0.15) is 0 Å². The molecule has 2 rings (SSSR count). The number of aliphatic hydroxyl groups excluding tert-OH is 1. The molecule has 1 aromatic carbocycles. The number of benzene rings is 1. The van der Waals surface area contributed by atoms with E-state index in [-0.39, 0.29) is 11.7 Å². The first kappa shape index (κ1) is 12.2. The van der Waals surface area contributed by atoms with Crippen molar-refractivity contribution in [3.8, 4) is 0 Å². The minimum atomic E-state index is -1.47. The molecule has 1 aromatic rings. The predicted molar refractivity (Wildman–Crippen MR) is 58.2 cm³/mol. The molecule has 0 aromatic heterocycles. The molecule has 2 nitrogen and oxygen atoms in total. The summed E-state index contributed by atoms with van der Waals surface area (Å²) >= 11 is 0. The Bertz CT molecular complexity index is 388. The largest absolute Gasteiger partial charge is 0.391 e. The van der Waals surface area contributed by atoms with Gasteiger partial charge in [-0.2, -0.15) is 0 Å². The van der Waals surface area contributed by atoms with Crippen molar-refractivity contribution in [2.75, 3.05) is 5.32 Å². The zero-order valence-corrected chi connectivity index (χ0v) is 9.22. The molecule has 0 bridgehead atoms. The highest BCUT2D eigenvalue weighted by Gasteiger charge is 2.23. The van der Waals surface area contributed by atoms with Crippen LogP contribution in [0.15, 0.2) is 12.1 Å². The smallest absolute Gasteiger partial charge is 0.194 e. The molecule has 0 amide bonds. The molecule has 0 radical (unpaired) electrons. The molecular formula is C12H14F3NO. The van der Waals surface area contributed by atoms with E-state index in [4.69, 9.17) is 0 Å². The topological polar surface area (TPSA) is 32.3 Å². The van der Waals surface area contributed by atoms with Crippen LogP contribution in [0.2, 0.25) is 0 Å². The highest BCUT2D eigenvalue weighted by Crippen LogP contribution is 2.24. The van der Waals surface area contributed by atoms with Gasteiger partial charge in [-0.3, -0.25) is 0 Å². The zero-order valence-electron chi connectivity index (χ0n) is 9.22. The second-order valence-corrected chi connectivity index (χ2v) is 4.36. The molecule has 0 saturated heterocycles. The Morgan fingerprint density at radius 3 is 2.24 bits per heavy atom. The SMILES string of the molecule is O[C@H]1CCCC[C@@H]1Nc1cc(F)c(F)c(F)c1. The first-order valence-corrected chi connectivity index (χ1v) is 5.67. The molecule has 1 aliphatic carbocycles. The van der Waals surface area contributed by atoms with E-state index in [0.29, 0.717) is 6.42 Å². The van der Waals surface area contributed by atoms with Crippen LogP contribution < -0.4 is 5.32 Å². The van der Waals surface area contributed by atoms with Crippen molar-refractivity contribution >= 4 is 5.69 Å². The van der Waals surface area contributed by atoms with Crippen LogP contribution in [0.5, 0.6) is 0 Å². The maximum atomic E-state index is 13.0. The summed E-state index contributed by atoms with van der Waals surface area (Å²) in [7, 11) is 0. The summed E-state index contributed by atoms with van der Waals surface area (Å²) in [6.45, 7) is 0. The summed E-state index contributed by atoms with van der Waals surface area (Å²) in [5.41, 5.74) is 0.160. The fourth-order valence-corrected chi connectivity index (χ4v) is 2.13. The lowest BCUT2D eigenvalue weighted by Crippen LogP contribution is -2.36. The fourth-order valence-electron chi connectivity index (χ4n) is 2.13. The van der Waals surface area contributed by atoms with E-state index in [9.17, 15) is 18.3 Å². The van der Waals surface area contributed by atoms with Gasteiger partial charge in [0.2, 0.25) is 0 Å². The molecule has 0 heterocycles. The van der Waals surface area contributed by atoms with Gasteiger partial charge < -0.3 is 10.4 Å². The summed E-state index contributed by atoms with van der Waals surface area (Å²) in [5, 5.41) is 12.5. The molecule has 1 fully saturated rings. The van der Waals surface area contributed by atoms with Crippen LogP contribution in [0.1, 0.15) is 25.7 Å². The van der Waals surface area contributed by atoms with Crippen LogP contribution in [0, 0.1) is 17.5 Å². The summed E-state index contributed by atoms with van der Waals surface area (Å²) < 4.78 is 38.7. The summed E-state index contributed by atoms with van der Waals surface area (Å²) in [5.74, 6) is -3.92. The quantitative estimate of drug-likeness (QED) is 0.785. The predicted octanol–water partition coefficient (Wildman–Crippen LogP) is 2.82. The number of anilines is 1. The third-order valence-corrected chi connectivity index (χ3v) is 3.07. The molecule has 2 N–H and O–H groups in total. The van der Waals surface area contributed by atoms with Crippen molar-refractivity contribution in [2.24, 2.45) is 0 Å². The molecule has 1 aliphatic rings. The van der Waals surface area contributed by atoms with Crippen molar-refractivity contribution in [3.63, 3.8) is 0 Å². The second kappa shape index (κ2) is 4.96. The van der Waals surface area contributed by atoms with Crippen LogP contribution in [-0.2, 0) is 0 Å². The van der Waals surface area contributed by atoms with Crippen molar-refractivity contribution in [3.05, 3.63) is 29.6 Å². The average molecular weight is 245 g/mol. The molecular weight excluding hydrogens is 231 g/mol. The molecule has 5 heteroatoms. The van der Waals surface area contributed by atoms with Gasteiger partial charge in [0, 0.05) is 17.8 Å². The number of nitrogens with one attached hydrogen (secondary N) is 1. The first-order valence-electron chi connectivity index (χ1n) is 5.67. The Morgan fingerprint density at radius 2 is 1.65 bits per heavy atom. The summed E-state index contributed by atoms with van der Waals surface area (Å²) in [6.07, 6.45) is 2.79. The van der Waals surface area contributed by atoms with Crippen LogP contribution in [0.4, 0.5) is 18.9 Å². The van der Waals surface area contributed by atoms with E-state index in [0.717, 1.165) is 31.4 Å². The average Bonchev–Trinajstić information content (AvgIpc) is 2.29. The number of aliphatic hydroxyl groups is 1.